The molecule has 0 aliphatic carbocycles. The Balaban J connectivity index is 2.04. The number of amides is 1. The number of fused-ring (bicyclic) bond motifs is 1. The summed E-state index contributed by atoms with van der Waals surface area (Å²) in [5, 5.41) is 0. The van der Waals surface area contributed by atoms with E-state index in [9.17, 15) is 4.79 Å². The number of nitrogens with zero attached hydrogens (tertiary/aromatic N) is 1. The lowest BCUT2D eigenvalue weighted by Gasteiger charge is -2.26. The van der Waals surface area contributed by atoms with Gasteiger partial charge in [0.25, 0.3) is 5.91 Å². The predicted octanol–water partition coefficient (Wildman–Crippen LogP) is 1.11. The van der Waals surface area contributed by atoms with Crippen molar-refractivity contribution in [3.05, 3.63) is 23.8 Å². The normalized spacial score (nSPS) is 23.4. The zero-order chi connectivity index (χ0) is 10.4. The molecule has 0 bridgehead atoms. The molecule has 0 aromatic heterocycles. The second kappa shape index (κ2) is 2.97. The minimum Gasteiger partial charge on any atom is -0.482 e. The molecule has 1 aromatic rings. The lowest BCUT2D eigenvalue weighted by atomic mass is 10.1. The third kappa shape index (κ3) is 1.37. The Bertz CT molecular complexity index is 426. The minimum absolute atomic E-state index is 0.0173. The average molecular weight is 205 g/mol. The van der Waals surface area contributed by atoms with Crippen LogP contribution in [0.25, 0.3) is 0 Å². The zero-order valence-corrected chi connectivity index (χ0v) is 8.40. The van der Waals surface area contributed by atoms with Crippen molar-refractivity contribution >= 4 is 11.6 Å². The lowest BCUT2D eigenvalue weighted by Crippen LogP contribution is -2.35. The van der Waals surface area contributed by atoms with Crippen LogP contribution in [0.4, 0.5) is 5.69 Å². The number of carbonyl (C=O) groups excluding carboxylic acids is 1. The van der Waals surface area contributed by atoms with Crippen molar-refractivity contribution in [3.63, 3.8) is 0 Å². The molecule has 0 N–H and O–H groups in total. The van der Waals surface area contributed by atoms with Gasteiger partial charge in [0.1, 0.15) is 11.9 Å². The number of hydrogen-bond acceptors (Lipinski definition) is 3. The second-order valence-corrected chi connectivity index (χ2v) is 3.79. The number of epoxide rings is 1. The third-order valence-electron chi connectivity index (χ3n) is 2.77. The molecule has 15 heavy (non-hydrogen) atoms. The van der Waals surface area contributed by atoms with Gasteiger partial charge in [-0.1, -0.05) is 6.07 Å². The highest BCUT2D eigenvalue weighted by atomic mass is 16.6. The number of likely N-dealkylation sites (N-methyl/N-ethyl adjacent to an activating group) is 1. The van der Waals surface area contributed by atoms with Crippen molar-refractivity contribution in [2.45, 2.75) is 6.10 Å². The molecule has 1 aromatic carbocycles. The molecule has 4 nitrogen and oxygen atoms in total. The summed E-state index contributed by atoms with van der Waals surface area (Å²) in [5.41, 5.74) is 1.94. The monoisotopic (exact) mass is 205 g/mol. The molecule has 1 unspecified atom stereocenters. The topological polar surface area (TPSA) is 42.1 Å². The molecular formula is C11H11NO3. The van der Waals surface area contributed by atoms with Gasteiger partial charge in [-0.25, -0.2) is 0 Å². The van der Waals surface area contributed by atoms with Gasteiger partial charge in [0.05, 0.1) is 12.3 Å². The van der Waals surface area contributed by atoms with Crippen LogP contribution in [0.15, 0.2) is 18.2 Å². The van der Waals surface area contributed by atoms with Gasteiger partial charge in [0.15, 0.2) is 6.61 Å². The number of anilines is 1. The summed E-state index contributed by atoms with van der Waals surface area (Å²) in [6.07, 6.45) is 0.209. The van der Waals surface area contributed by atoms with E-state index in [1.165, 1.54) is 0 Å². The number of carbonyl (C=O) groups is 1. The molecule has 1 atom stereocenters. The van der Waals surface area contributed by atoms with Crippen molar-refractivity contribution in [2.75, 3.05) is 25.2 Å². The average Bonchev–Trinajstić information content (AvgIpc) is 3.07. The highest BCUT2D eigenvalue weighted by molar-refractivity contribution is 5.97. The van der Waals surface area contributed by atoms with Gasteiger partial charge in [-0.15, -0.1) is 0 Å². The quantitative estimate of drug-likeness (QED) is 0.645. The smallest absolute Gasteiger partial charge is 0.264 e. The standard InChI is InChI=1S/C11H11NO3/c1-12-8-4-7(10-5-14-10)2-3-9(8)15-6-11(12)13/h2-4,10H,5-6H2,1H3. The number of ether oxygens (including phenoxy) is 2. The maximum atomic E-state index is 11.4. The summed E-state index contributed by atoms with van der Waals surface area (Å²) in [4.78, 5) is 13.1. The molecule has 1 fully saturated rings. The molecule has 0 radical (unpaired) electrons. The summed E-state index contributed by atoms with van der Waals surface area (Å²) in [5.74, 6) is 0.748. The maximum absolute atomic E-state index is 11.4. The number of benzene rings is 1. The first kappa shape index (κ1) is 8.73. The molecule has 3 rings (SSSR count). The van der Waals surface area contributed by atoms with Crippen molar-refractivity contribution < 1.29 is 14.3 Å². The highest BCUT2D eigenvalue weighted by Gasteiger charge is 2.28. The molecule has 2 heterocycles. The first-order valence-corrected chi connectivity index (χ1v) is 4.90. The highest BCUT2D eigenvalue weighted by Crippen LogP contribution is 2.37. The van der Waals surface area contributed by atoms with Crippen LogP contribution in [-0.2, 0) is 9.53 Å². The van der Waals surface area contributed by atoms with Crippen LogP contribution < -0.4 is 9.64 Å². The summed E-state index contributed by atoms with van der Waals surface area (Å²) >= 11 is 0. The molecular weight excluding hydrogens is 194 g/mol. The van der Waals surface area contributed by atoms with Crippen LogP contribution in [0.3, 0.4) is 0 Å². The Kier molecular flexibility index (Phi) is 1.73. The van der Waals surface area contributed by atoms with Crippen LogP contribution in [0.1, 0.15) is 11.7 Å². The number of rotatable bonds is 1. The van der Waals surface area contributed by atoms with Crippen molar-refractivity contribution in [1.29, 1.82) is 0 Å². The minimum atomic E-state index is -0.0173. The van der Waals surface area contributed by atoms with Crippen molar-refractivity contribution in [3.8, 4) is 5.75 Å². The van der Waals surface area contributed by atoms with Gasteiger partial charge in [0, 0.05) is 7.05 Å². The van der Waals surface area contributed by atoms with E-state index in [0.29, 0.717) is 0 Å². The molecule has 0 spiro atoms. The molecule has 2 aliphatic rings. The fraction of sp³-hybridized carbons (Fsp3) is 0.364. The fourth-order valence-corrected chi connectivity index (χ4v) is 1.73. The first-order chi connectivity index (χ1) is 7.25. The van der Waals surface area contributed by atoms with Crippen molar-refractivity contribution in [1.82, 2.24) is 0 Å². The summed E-state index contributed by atoms with van der Waals surface area (Å²) in [7, 11) is 1.77. The summed E-state index contributed by atoms with van der Waals surface area (Å²) < 4.78 is 10.5. The van der Waals surface area contributed by atoms with E-state index in [1.54, 1.807) is 11.9 Å². The molecule has 78 valence electrons. The molecule has 0 saturated carbocycles. The predicted molar refractivity (Wildman–Crippen MR) is 54.0 cm³/mol. The van der Waals surface area contributed by atoms with E-state index in [1.807, 2.05) is 18.2 Å². The Morgan fingerprint density at radius 2 is 2.27 bits per heavy atom. The van der Waals surface area contributed by atoms with Crippen LogP contribution in [0.5, 0.6) is 5.75 Å². The molecule has 1 amide bonds. The van der Waals surface area contributed by atoms with E-state index in [2.05, 4.69) is 0 Å². The first-order valence-electron chi connectivity index (χ1n) is 4.90. The van der Waals surface area contributed by atoms with E-state index in [0.717, 1.165) is 23.6 Å². The zero-order valence-electron chi connectivity index (χ0n) is 8.40. The van der Waals surface area contributed by atoms with E-state index in [4.69, 9.17) is 9.47 Å². The summed E-state index contributed by atoms with van der Waals surface area (Å²) in [6.45, 7) is 0.903. The maximum Gasteiger partial charge on any atom is 0.264 e. The van der Waals surface area contributed by atoms with Gasteiger partial charge in [-0.3, -0.25) is 4.79 Å². The SMILES string of the molecule is CN1C(=O)COc2ccc(C3CO3)cc21. The molecule has 4 heteroatoms. The molecule has 1 saturated heterocycles. The van der Waals surface area contributed by atoms with E-state index in [-0.39, 0.29) is 18.6 Å². The van der Waals surface area contributed by atoms with Crippen LogP contribution in [0.2, 0.25) is 0 Å². The van der Waals surface area contributed by atoms with Crippen LogP contribution >= 0.6 is 0 Å². The Hall–Kier alpha value is -1.55. The van der Waals surface area contributed by atoms with E-state index >= 15 is 0 Å². The van der Waals surface area contributed by atoms with Gasteiger partial charge >= 0.3 is 0 Å². The van der Waals surface area contributed by atoms with Crippen LogP contribution in [-0.4, -0.2) is 26.2 Å². The largest absolute Gasteiger partial charge is 0.482 e. The van der Waals surface area contributed by atoms with Gasteiger partial charge in [-0.05, 0) is 17.7 Å². The van der Waals surface area contributed by atoms with Gasteiger partial charge in [-0.2, -0.15) is 0 Å². The summed E-state index contributed by atoms with van der Waals surface area (Å²) in [6, 6.07) is 5.85. The Morgan fingerprint density at radius 1 is 1.47 bits per heavy atom. The van der Waals surface area contributed by atoms with Gasteiger partial charge in [0.2, 0.25) is 0 Å². The third-order valence-corrected chi connectivity index (χ3v) is 2.77. The second-order valence-electron chi connectivity index (χ2n) is 3.79. The fourth-order valence-electron chi connectivity index (χ4n) is 1.73. The van der Waals surface area contributed by atoms with Crippen LogP contribution in [0, 0.1) is 0 Å². The van der Waals surface area contributed by atoms with Gasteiger partial charge < -0.3 is 14.4 Å². The molecule has 2 aliphatic heterocycles. The number of hydrogen-bond donors (Lipinski definition) is 0. The van der Waals surface area contributed by atoms with Crippen molar-refractivity contribution in [2.24, 2.45) is 0 Å². The lowest BCUT2D eigenvalue weighted by molar-refractivity contribution is -0.120. The Morgan fingerprint density at radius 3 is 3.00 bits per heavy atom. The Labute approximate surface area is 87.4 Å². The van der Waals surface area contributed by atoms with E-state index < -0.39 is 0 Å².